The number of piperidine rings is 1. The third kappa shape index (κ3) is 17.1. The fourth-order valence-electron chi connectivity index (χ4n) is 6.03. The van der Waals surface area contributed by atoms with E-state index in [2.05, 4.69) is 76.5 Å². The molecule has 1 saturated heterocycles. The summed E-state index contributed by atoms with van der Waals surface area (Å²) < 4.78 is 65.8. The lowest BCUT2D eigenvalue weighted by atomic mass is 9.78. The van der Waals surface area contributed by atoms with Gasteiger partial charge in [0.1, 0.15) is 5.97 Å². The molecule has 0 radical (unpaired) electrons. The van der Waals surface area contributed by atoms with Gasteiger partial charge in [0.2, 0.25) is 0 Å². The van der Waals surface area contributed by atoms with E-state index in [-0.39, 0.29) is 0 Å². The van der Waals surface area contributed by atoms with Crippen molar-refractivity contribution in [2.75, 3.05) is 19.6 Å². The highest BCUT2D eigenvalue weighted by Crippen LogP contribution is 2.36. The van der Waals surface area contributed by atoms with Gasteiger partial charge in [0, 0.05) is 30.6 Å². The first-order valence-electron chi connectivity index (χ1n) is 16.7. The Labute approximate surface area is 279 Å². The van der Waals surface area contributed by atoms with E-state index >= 15 is 0 Å². The molecule has 1 aromatic rings. The van der Waals surface area contributed by atoms with Crippen LogP contribution in [0.1, 0.15) is 94.1 Å². The van der Waals surface area contributed by atoms with Crippen molar-refractivity contribution < 1.29 is 50.7 Å². The van der Waals surface area contributed by atoms with Gasteiger partial charge in [-0.1, -0.05) is 67.9 Å². The number of aliphatic carboxylic acids is 2. The number of carbonyl (C=O) groups excluding carboxylic acids is 1. The summed E-state index contributed by atoms with van der Waals surface area (Å²) in [7, 11) is 0. The second-order valence-corrected chi connectivity index (χ2v) is 12.3. The average Bonchev–Trinajstić information content (AvgIpc) is 3.02. The van der Waals surface area contributed by atoms with Crippen molar-refractivity contribution in [3.8, 4) is 0 Å². The largest absolute Gasteiger partial charge is 0.542 e. The number of hydrogen-bond acceptors (Lipinski definition) is 4. The summed E-state index contributed by atoms with van der Waals surface area (Å²) in [6, 6.07) is 2.59. The molecule has 0 spiro atoms. The van der Waals surface area contributed by atoms with Crippen LogP contribution in [0.15, 0.2) is 67.1 Å². The molecule has 3 atom stereocenters. The van der Waals surface area contributed by atoms with Gasteiger partial charge in [-0.2, -0.15) is 26.3 Å². The Bertz CT molecular complexity index is 1220. The number of allylic oxidation sites excluding steroid dienone is 7. The Morgan fingerprint density at radius 2 is 1.31 bits per heavy atom. The zero-order chi connectivity index (χ0) is 35.4. The van der Waals surface area contributed by atoms with Crippen LogP contribution in [0.5, 0.6) is 0 Å². The number of aromatic nitrogens is 1. The Morgan fingerprint density at radius 1 is 0.750 bits per heavy atom. The van der Waals surface area contributed by atoms with Crippen molar-refractivity contribution in [2.24, 2.45) is 5.92 Å². The smallest absolute Gasteiger partial charge is 0.490 e. The highest BCUT2D eigenvalue weighted by molar-refractivity contribution is 5.73. The standard InChI is InChI=1S/C32H47N2.2C2HF3O2/c1-2-5-10-14-18-23-34-26-29-19-15-11-7-4-6-9-13-17-22-33-24-21-32(31(25-29)28-34)30(27-33)20-16-12-8-3-1;2*3-2(4,5)1(6)7/h2,4-6,9-10,13-14,25-26,28,30,32H,1,3,7-8,11-12,15-24,27H2;2*(H,6,7)/q+1;;/p-1/b5-2-,6-4-,13-9-,14-10-;;/t30-,32-;;/m1../s1. The minimum absolute atomic E-state index is 0.725. The topological polar surface area (TPSA) is 84.5 Å². The molecule has 5 heterocycles. The van der Waals surface area contributed by atoms with Crippen molar-refractivity contribution in [2.45, 2.75) is 108 Å². The molecule has 12 heteroatoms. The summed E-state index contributed by atoms with van der Waals surface area (Å²) in [5.74, 6) is -4.24. The van der Waals surface area contributed by atoms with E-state index in [1.165, 1.54) is 96.7 Å². The molecule has 1 aromatic heterocycles. The second-order valence-electron chi connectivity index (χ2n) is 12.3. The quantitative estimate of drug-likeness (QED) is 0.227. The van der Waals surface area contributed by atoms with Gasteiger partial charge in [-0.15, -0.1) is 0 Å². The van der Waals surface area contributed by atoms with Crippen LogP contribution in [0.2, 0.25) is 0 Å². The van der Waals surface area contributed by atoms with Crippen molar-refractivity contribution in [3.63, 3.8) is 0 Å². The summed E-state index contributed by atoms with van der Waals surface area (Å²) in [6.07, 6.45) is 29.8. The Hall–Kier alpha value is -3.41. The number of fused-ring (bicyclic) bond motifs is 9. The summed E-state index contributed by atoms with van der Waals surface area (Å²) in [6.45, 7) is 4.84. The fraction of sp³-hybridized carbons (Fsp3) is 0.583. The van der Waals surface area contributed by atoms with Gasteiger partial charge in [-0.05, 0) is 82.2 Å². The van der Waals surface area contributed by atoms with Crippen LogP contribution >= 0.6 is 0 Å². The molecule has 1 fully saturated rings. The first kappa shape index (κ1) is 40.8. The minimum Gasteiger partial charge on any atom is -0.542 e. The zero-order valence-corrected chi connectivity index (χ0v) is 27.4. The number of hydrogen-bond donors (Lipinski definition) is 1. The molecule has 48 heavy (non-hydrogen) atoms. The lowest BCUT2D eigenvalue weighted by molar-refractivity contribution is -0.697. The Kier molecular flexibility index (Phi) is 18.3. The molecule has 0 saturated carbocycles. The van der Waals surface area contributed by atoms with Crippen molar-refractivity contribution >= 4 is 11.9 Å². The maximum absolute atomic E-state index is 10.6. The number of pyridine rings is 1. The van der Waals surface area contributed by atoms with E-state index in [9.17, 15) is 26.3 Å². The molecule has 4 aliphatic rings. The lowest BCUT2D eigenvalue weighted by Gasteiger charge is -2.38. The SMILES string of the molecule is C1=C\CCCCCC[C@@H]2CN3CC/C=C\C=C/CCCCc4cc(c[n+](c4)CC\C=C/1)[C@@H]2CC3.O=C(O)C(F)(F)F.O=C([O-])C(F)(F)F. The van der Waals surface area contributed by atoms with Crippen LogP contribution in [-0.2, 0) is 22.6 Å². The van der Waals surface area contributed by atoms with E-state index in [0.717, 1.165) is 24.8 Å². The van der Waals surface area contributed by atoms with Crippen LogP contribution in [0.3, 0.4) is 0 Å². The first-order valence-corrected chi connectivity index (χ1v) is 16.7. The maximum atomic E-state index is 10.6. The predicted octanol–water partition coefficient (Wildman–Crippen LogP) is 7.40. The summed E-state index contributed by atoms with van der Waals surface area (Å²) in [4.78, 5) is 20.4. The van der Waals surface area contributed by atoms with Gasteiger partial charge < -0.3 is 19.9 Å². The molecule has 5 rings (SSSR count). The van der Waals surface area contributed by atoms with Crippen LogP contribution < -0.4 is 9.67 Å². The van der Waals surface area contributed by atoms with Gasteiger partial charge in [0.05, 0.1) is 0 Å². The molecule has 0 aromatic carbocycles. The Morgan fingerprint density at radius 3 is 1.92 bits per heavy atom. The third-order valence-corrected chi connectivity index (χ3v) is 8.43. The number of alkyl halides is 6. The van der Waals surface area contributed by atoms with Crippen LogP contribution in [0, 0.1) is 5.92 Å². The number of nitrogens with zero attached hydrogens (tertiary/aromatic N) is 2. The first-order chi connectivity index (χ1) is 22.8. The van der Waals surface area contributed by atoms with E-state index in [0.29, 0.717) is 0 Å². The van der Waals surface area contributed by atoms with Crippen molar-refractivity contribution in [1.82, 2.24) is 4.90 Å². The van der Waals surface area contributed by atoms with Gasteiger partial charge >= 0.3 is 18.3 Å². The highest BCUT2D eigenvalue weighted by Gasteiger charge is 2.38. The molecule has 6 nitrogen and oxygen atoms in total. The lowest BCUT2D eigenvalue weighted by Crippen LogP contribution is -2.41. The zero-order valence-electron chi connectivity index (χ0n) is 27.4. The molecule has 4 aliphatic heterocycles. The van der Waals surface area contributed by atoms with E-state index in [1.807, 2.05) is 0 Å². The number of rotatable bonds is 0. The van der Waals surface area contributed by atoms with Crippen LogP contribution in [0.25, 0.3) is 0 Å². The molecular weight excluding hydrogens is 638 g/mol. The number of carboxylic acid groups (broad SMARTS) is 2. The van der Waals surface area contributed by atoms with E-state index < -0.39 is 24.3 Å². The fourth-order valence-corrected chi connectivity index (χ4v) is 6.03. The summed E-state index contributed by atoms with van der Waals surface area (Å²) in [5, 5.41) is 15.9. The summed E-state index contributed by atoms with van der Waals surface area (Å²) >= 11 is 0. The third-order valence-electron chi connectivity index (χ3n) is 8.43. The normalized spacial score (nSPS) is 25.5. The van der Waals surface area contributed by atoms with Crippen molar-refractivity contribution in [1.29, 1.82) is 0 Å². The van der Waals surface area contributed by atoms with Crippen molar-refractivity contribution in [3.05, 3.63) is 78.2 Å². The number of carboxylic acids is 2. The molecule has 0 aliphatic carbocycles. The van der Waals surface area contributed by atoms with E-state index in [4.69, 9.17) is 19.8 Å². The van der Waals surface area contributed by atoms with Gasteiger partial charge in [0.15, 0.2) is 18.9 Å². The van der Waals surface area contributed by atoms with Gasteiger partial charge in [-0.3, -0.25) is 0 Å². The second kappa shape index (κ2) is 21.5. The average molecular weight is 687 g/mol. The number of carbonyl (C=O) groups is 2. The number of aryl methyl sites for hydroxylation is 2. The van der Waals surface area contributed by atoms with Crippen LogP contribution in [-0.4, -0.2) is 53.9 Å². The van der Waals surface area contributed by atoms with Gasteiger partial charge in [0.25, 0.3) is 0 Å². The molecule has 0 amide bonds. The molecule has 1 N–H and O–H groups in total. The Balaban J connectivity index is 0.000000479. The molecule has 268 valence electrons. The van der Waals surface area contributed by atoms with Crippen LogP contribution in [0.4, 0.5) is 26.3 Å². The monoisotopic (exact) mass is 686 g/mol. The highest BCUT2D eigenvalue weighted by atomic mass is 19.4. The predicted molar refractivity (Wildman–Crippen MR) is 170 cm³/mol. The van der Waals surface area contributed by atoms with E-state index in [1.54, 1.807) is 11.1 Å². The minimum atomic E-state index is -5.19. The molecule has 6 bridgehead atoms. The molecular formula is C36H48F6N2O4. The maximum Gasteiger partial charge on any atom is 0.490 e. The number of halogens is 6. The molecule has 1 unspecified atom stereocenters. The summed E-state index contributed by atoms with van der Waals surface area (Å²) in [5.41, 5.74) is 3.17. The van der Waals surface area contributed by atoms with Gasteiger partial charge in [-0.25, -0.2) is 9.36 Å².